The maximum atomic E-state index is 12.1. The summed E-state index contributed by atoms with van der Waals surface area (Å²) in [6.45, 7) is 0. The fourth-order valence-corrected chi connectivity index (χ4v) is 2.52. The van der Waals surface area contributed by atoms with E-state index in [2.05, 4.69) is 20.4 Å². The number of nitrogens with zero attached hydrogens (tertiary/aromatic N) is 3. The highest BCUT2D eigenvalue weighted by Crippen LogP contribution is 2.39. The Kier molecular flexibility index (Phi) is 2.90. The molecule has 2 aromatic heterocycles. The van der Waals surface area contributed by atoms with Crippen LogP contribution in [0.15, 0.2) is 35.1 Å². The van der Waals surface area contributed by atoms with Crippen LogP contribution in [0.1, 0.15) is 34.8 Å². The third-order valence-corrected chi connectivity index (χ3v) is 3.89. The SMILES string of the molecule is O=C(O)c1ccc(-n2c(-c3cc(C4CC4)[nH]n3)n[nH]c2=O)cc1. The summed E-state index contributed by atoms with van der Waals surface area (Å²) in [5.41, 5.74) is 1.90. The number of aromatic carboxylic acids is 1. The molecular formula is C15H13N5O3. The van der Waals surface area contributed by atoms with Crippen LogP contribution in [0.2, 0.25) is 0 Å². The Hall–Kier alpha value is -3.16. The highest BCUT2D eigenvalue weighted by Gasteiger charge is 2.26. The normalized spacial score (nSPS) is 14.1. The Morgan fingerprint density at radius 1 is 1.17 bits per heavy atom. The first-order valence-corrected chi connectivity index (χ1v) is 7.20. The highest BCUT2D eigenvalue weighted by molar-refractivity contribution is 5.87. The van der Waals surface area contributed by atoms with Gasteiger partial charge in [0.2, 0.25) is 0 Å². The van der Waals surface area contributed by atoms with Crippen molar-refractivity contribution in [2.45, 2.75) is 18.8 Å². The molecule has 0 amide bonds. The molecule has 3 N–H and O–H groups in total. The predicted molar refractivity (Wildman–Crippen MR) is 80.7 cm³/mol. The van der Waals surface area contributed by atoms with E-state index in [0.29, 0.717) is 23.1 Å². The maximum Gasteiger partial charge on any atom is 0.348 e. The van der Waals surface area contributed by atoms with Gasteiger partial charge in [0, 0.05) is 11.6 Å². The van der Waals surface area contributed by atoms with Gasteiger partial charge in [-0.05, 0) is 43.2 Å². The monoisotopic (exact) mass is 311 g/mol. The van der Waals surface area contributed by atoms with E-state index in [0.717, 1.165) is 18.5 Å². The van der Waals surface area contributed by atoms with Crippen LogP contribution in [-0.4, -0.2) is 36.0 Å². The van der Waals surface area contributed by atoms with Crippen molar-refractivity contribution in [2.75, 3.05) is 0 Å². The molecule has 0 radical (unpaired) electrons. The molecule has 0 unspecified atom stereocenters. The summed E-state index contributed by atoms with van der Waals surface area (Å²) in [5.74, 6) is -0.107. The van der Waals surface area contributed by atoms with Gasteiger partial charge >= 0.3 is 11.7 Å². The lowest BCUT2D eigenvalue weighted by Crippen LogP contribution is -2.15. The number of nitrogens with one attached hydrogen (secondary N) is 2. The minimum absolute atomic E-state index is 0.155. The Morgan fingerprint density at radius 3 is 2.57 bits per heavy atom. The summed E-state index contributed by atoms with van der Waals surface area (Å²) in [4.78, 5) is 23.0. The van der Waals surface area contributed by atoms with Crippen molar-refractivity contribution in [2.24, 2.45) is 0 Å². The molecule has 0 aliphatic heterocycles. The van der Waals surface area contributed by atoms with Gasteiger partial charge in [-0.15, -0.1) is 0 Å². The van der Waals surface area contributed by atoms with Crippen molar-refractivity contribution in [1.82, 2.24) is 25.0 Å². The summed E-state index contributed by atoms with van der Waals surface area (Å²) in [7, 11) is 0. The summed E-state index contributed by atoms with van der Waals surface area (Å²) in [6.07, 6.45) is 2.29. The van der Waals surface area contributed by atoms with Gasteiger partial charge in [-0.2, -0.15) is 10.2 Å². The molecule has 23 heavy (non-hydrogen) atoms. The first-order valence-electron chi connectivity index (χ1n) is 7.20. The molecule has 0 atom stereocenters. The molecule has 1 saturated carbocycles. The van der Waals surface area contributed by atoms with Gasteiger partial charge in [0.1, 0.15) is 5.69 Å². The molecule has 1 aromatic carbocycles. The maximum absolute atomic E-state index is 12.1. The summed E-state index contributed by atoms with van der Waals surface area (Å²) >= 11 is 0. The minimum atomic E-state index is -1.02. The zero-order valence-corrected chi connectivity index (χ0v) is 12.0. The zero-order valence-electron chi connectivity index (χ0n) is 12.0. The number of carboxylic acid groups (broad SMARTS) is 1. The lowest BCUT2D eigenvalue weighted by Gasteiger charge is -2.04. The average Bonchev–Trinajstić information content (AvgIpc) is 3.15. The molecule has 0 bridgehead atoms. The Morgan fingerprint density at radius 2 is 1.91 bits per heavy atom. The molecule has 2 heterocycles. The lowest BCUT2D eigenvalue weighted by atomic mass is 10.2. The van der Waals surface area contributed by atoms with Gasteiger partial charge in [0.15, 0.2) is 5.82 Å². The number of hydrogen-bond donors (Lipinski definition) is 3. The molecule has 4 rings (SSSR count). The molecule has 116 valence electrons. The Labute approximate surface area is 129 Å². The van der Waals surface area contributed by atoms with E-state index >= 15 is 0 Å². The number of rotatable bonds is 4. The molecule has 0 saturated heterocycles. The molecule has 1 aliphatic carbocycles. The van der Waals surface area contributed by atoms with Crippen LogP contribution in [0.4, 0.5) is 0 Å². The smallest absolute Gasteiger partial charge is 0.348 e. The fraction of sp³-hybridized carbons (Fsp3) is 0.200. The third kappa shape index (κ3) is 2.33. The molecule has 1 fully saturated rings. The largest absolute Gasteiger partial charge is 0.478 e. The van der Waals surface area contributed by atoms with Crippen LogP contribution in [0.25, 0.3) is 17.2 Å². The molecule has 8 heteroatoms. The molecule has 1 aliphatic rings. The second kappa shape index (κ2) is 4.94. The minimum Gasteiger partial charge on any atom is -0.478 e. The van der Waals surface area contributed by atoms with E-state index in [4.69, 9.17) is 5.11 Å². The van der Waals surface area contributed by atoms with Crippen LogP contribution in [0.5, 0.6) is 0 Å². The average molecular weight is 311 g/mol. The van der Waals surface area contributed by atoms with Gasteiger partial charge in [-0.3, -0.25) is 5.10 Å². The van der Waals surface area contributed by atoms with Gasteiger partial charge in [-0.25, -0.2) is 19.3 Å². The van der Waals surface area contributed by atoms with Crippen LogP contribution in [0, 0.1) is 0 Å². The van der Waals surface area contributed by atoms with Crippen molar-refractivity contribution >= 4 is 5.97 Å². The Balaban J connectivity index is 1.77. The third-order valence-electron chi connectivity index (χ3n) is 3.89. The van der Waals surface area contributed by atoms with E-state index < -0.39 is 11.7 Å². The Bertz CT molecular complexity index is 931. The van der Waals surface area contributed by atoms with Crippen LogP contribution >= 0.6 is 0 Å². The quantitative estimate of drug-likeness (QED) is 0.675. The van der Waals surface area contributed by atoms with E-state index in [1.807, 2.05) is 6.07 Å². The van der Waals surface area contributed by atoms with E-state index in [1.54, 1.807) is 12.1 Å². The number of carboxylic acids is 1. The molecule has 0 spiro atoms. The molecule has 8 nitrogen and oxygen atoms in total. The highest BCUT2D eigenvalue weighted by atomic mass is 16.4. The lowest BCUT2D eigenvalue weighted by molar-refractivity contribution is 0.0697. The van der Waals surface area contributed by atoms with Gasteiger partial charge in [-0.1, -0.05) is 0 Å². The summed E-state index contributed by atoms with van der Waals surface area (Å²) < 4.78 is 1.37. The van der Waals surface area contributed by atoms with E-state index in [9.17, 15) is 9.59 Å². The van der Waals surface area contributed by atoms with E-state index in [1.165, 1.54) is 16.7 Å². The van der Waals surface area contributed by atoms with Crippen LogP contribution < -0.4 is 5.69 Å². The standard InChI is InChI=1S/C15H13N5O3/c21-14(22)9-3-5-10(6-4-9)20-13(18-19-15(20)23)12-7-11(16-17-12)8-1-2-8/h3-8H,1-2H2,(H,16,17)(H,19,23)(H,21,22). The predicted octanol–water partition coefficient (Wildman–Crippen LogP) is 1.53. The van der Waals surface area contributed by atoms with Crippen molar-refractivity contribution in [3.8, 4) is 17.2 Å². The van der Waals surface area contributed by atoms with Crippen molar-refractivity contribution in [1.29, 1.82) is 0 Å². The second-order valence-corrected chi connectivity index (χ2v) is 5.52. The van der Waals surface area contributed by atoms with Crippen LogP contribution in [0.3, 0.4) is 0 Å². The first kappa shape index (κ1) is 13.5. The fourth-order valence-electron chi connectivity index (χ4n) is 2.52. The van der Waals surface area contributed by atoms with Gasteiger partial charge in [0.05, 0.1) is 11.3 Å². The number of benzene rings is 1. The topological polar surface area (TPSA) is 117 Å². The number of H-pyrrole nitrogens is 2. The zero-order chi connectivity index (χ0) is 16.0. The number of carbonyl (C=O) groups is 1. The number of hydrogen-bond acceptors (Lipinski definition) is 4. The molecule has 3 aromatic rings. The van der Waals surface area contributed by atoms with Crippen molar-refractivity contribution in [3.63, 3.8) is 0 Å². The summed E-state index contributed by atoms with van der Waals surface area (Å²) in [5, 5.41) is 22.6. The number of aromatic nitrogens is 5. The number of aromatic amines is 2. The second-order valence-electron chi connectivity index (χ2n) is 5.52. The van der Waals surface area contributed by atoms with Crippen molar-refractivity contribution < 1.29 is 9.90 Å². The van der Waals surface area contributed by atoms with Gasteiger partial charge < -0.3 is 5.11 Å². The van der Waals surface area contributed by atoms with Gasteiger partial charge in [0.25, 0.3) is 0 Å². The summed E-state index contributed by atoms with van der Waals surface area (Å²) in [6, 6.07) is 7.92. The van der Waals surface area contributed by atoms with Crippen molar-refractivity contribution in [3.05, 3.63) is 52.1 Å². The molecular weight excluding hydrogens is 298 g/mol. The van der Waals surface area contributed by atoms with E-state index in [-0.39, 0.29) is 5.56 Å². The first-order chi connectivity index (χ1) is 11.1. The van der Waals surface area contributed by atoms with Crippen LogP contribution in [-0.2, 0) is 0 Å².